The fraction of sp³-hybridized carbons (Fsp3) is 0.235. The van der Waals surface area contributed by atoms with Crippen LogP contribution in [-0.4, -0.2) is 20.2 Å². The maximum absolute atomic E-state index is 13.4. The molecule has 1 aliphatic rings. The van der Waals surface area contributed by atoms with Gasteiger partial charge in [0.2, 0.25) is 21.8 Å². The summed E-state index contributed by atoms with van der Waals surface area (Å²) in [6.45, 7) is 0.427. The zero-order chi connectivity index (χ0) is 32.2. The minimum Gasteiger partial charge on any atom is -0.352 e. The number of sulfonamides is 1. The van der Waals surface area contributed by atoms with Crippen LogP contribution in [0.1, 0.15) is 36.0 Å². The van der Waals surface area contributed by atoms with Crippen molar-refractivity contribution < 1.29 is 31.2 Å². The Bertz CT molecular complexity index is 1790. The van der Waals surface area contributed by atoms with Crippen molar-refractivity contribution in [1.82, 2.24) is 10.6 Å². The highest BCUT2D eigenvalue weighted by atomic mass is 32.2. The first-order valence-corrected chi connectivity index (χ1v) is 16.0. The van der Waals surface area contributed by atoms with E-state index in [1.807, 2.05) is 0 Å². The zero-order valence-corrected chi connectivity index (χ0v) is 25.0. The number of hydrogen-bond acceptors (Lipinski definition) is 4. The zero-order valence-electron chi connectivity index (χ0n) is 24.2. The van der Waals surface area contributed by atoms with E-state index in [-0.39, 0.29) is 35.4 Å². The summed E-state index contributed by atoms with van der Waals surface area (Å²) >= 11 is 0. The summed E-state index contributed by atoms with van der Waals surface area (Å²) in [4.78, 5) is 26.2. The minimum absolute atomic E-state index is 0.0281. The van der Waals surface area contributed by atoms with E-state index in [1.54, 1.807) is 72.8 Å². The van der Waals surface area contributed by atoms with Crippen LogP contribution in [0.5, 0.6) is 0 Å². The predicted octanol–water partition coefficient (Wildman–Crippen LogP) is 6.04. The molecule has 0 spiro atoms. The number of nitrogens with one attached hydrogen (secondary N) is 2. The molecule has 4 aromatic carbocycles. The van der Waals surface area contributed by atoms with Gasteiger partial charge in [-0.25, -0.2) is 13.6 Å². The predicted molar refractivity (Wildman–Crippen MR) is 165 cm³/mol. The van der Waals surface area contributed by atoms with Crippen LogP contribution in [0.2, 0.25) is 0 Å². The Hall–Kier alpha value is -4.48. The van der Waals surface area contributed by atoms with Crippen LogP contribution in [0.4, 0.5) is 13.2 Å². The summed E-state index contributed by atoms with van der Waals surface area (Å²) < 4.78 is 64.2. The summed E-state index contributed by atoms with van der Waals surface area (Å²) in [6, 6.07) is 25.5. The third-order valence-corrected chi connectivity index (χ3v) is 9.05. The SMILES string of the molecule is NS(=O)(=O)c1ccccc1-c1ccc(CNC(=O)C2CCC[C@H]2C(=O)NCc2ccc(-c3ccccc3C(F)(F)F)cc2)cc1. The fourth-order valence-electron chi connectivity index (χ4n) is 5.77. The normalized spacial score (nSPS) is 16.7. The number of rotatable bonds is 9. The van der Waals surface area contributed by atoms with Crippen molar-refractivity contribution in [3.8, 4) is 22.3 Å². The van der Waals surface area contributed by atoms with E-state index in [4.69, 9.17) is 5.14 Å². The average Bonchev–Trinajstić information content (AvgIpc) is 3.53. The van der Waals surface area contributed by atoms with Crippen LogP contribution in [0.25, 0.3) is 22.3 Å². The third kappa shape index (κ3) is 7.61. The largest absolute Gasteiger partial charge is 0.417 e. The standard InChI is InChI=1S/C34H32F3N3O4S/c35-34(36,37)30-10-3-1-6-26(30)24-16-12-22(13-17-24)20-39-32(41)28-8-5-9-29(28)33(42)40-21-23-14-18-25(19-15-23)27-7-2-4-11-31(27)45(38,43)44/h1-4,6-7,10-19,28-29H,5,8-9,20-21H2,(H,39,41)(H,40,42)(H2,38,43,44)/t28-,29?/m1/s1. The lowest BCUT2D eigenvalue weighted by atomic mass is 9.94. The van der Waals surface area contributed by atoms with E-state index in [1.165, 1.54) is 18.2 Å². The number of halogens is 3. The van der Waals surface area contributed by atoms with E-state index in [2.05, 4.69) is 10.6 Å². The minimum atomic E-state index is -4.47. The second-order valence-electron chi connectivity index (χ2n) is 11.1. The molecule has 0 aromatic heterocycles. The van der Waals surface area contributed by atoms with Crippen molar-refractivity contribution in [3.05, 3.63) is 114 Å². The van der Waals surface area contributed by atoms with Crippen LogP contribution < -0.4 is 15.8 Å². The number of alkyl halides is 3. The lowest BCUT2D eigenvalue weighted by Gasteiger charge is -2.19. The highest BCUT2D eigenvalue weighted by Crippen LogP contribution is 2.37. The second kappa shape index (κ2) is 13.3. The first kappa shape index (κ1) is 31.9. The van der Waals surface area contributed by atoms with E-state index in [0.29, 0.717) is 29.5 Å². The molecule has 5 rings (SSSR count). The third-order valence-electron chi connectivity index (χ3n) is 8.08. The van der Waals surface area contributed by atoms with Crippen molar-refractivity contribution in [1.29, 1.82) is 0 Å². The molecule has 234 valence electrons. The van der Waals surface area contributed by atoms with Crippen molar-refractivity contribution in [2.45, 2.75) is 43.4 Å². The first-order chi connectivity index (χ1) is 21.4. The molecule has 2 amide bonds. The number of primary sulfonamides is 1. The molecule has 0 aliphatic heterocycles. The van der Waals surface area contributed by atoms with Gasteiger partial charge in [-0.3, -0.25) is 9.59 Å². The van der Waals surface area contributed by atoms with Crippen LogP contribution in [0, 0.1) is 11.8 Å². The number of carbonyl (C=O) groups is 2. The summed E-state index contributed by atoms with van der Waals surface area (Å²) in [6.07, 6.45) is -2.57. The van der Waals surface area contributed by atoms with Crippen molar-refractivity contribution in [3.63, 3.8) is 0 Å². The van der Waals surface area contributed by atoms with Crippen LogP contribution in [-0.2, 0) is 38.9 Å². The van der Waals surface area contributed by atoms with Gasteiger partial charge in [0.05, 0.1) is 10.5 Å². The molecule has 2 atom stereocenters. The molecule has 45 heavy (non-hydrogen) atoms. The Labute approximate surface area is 259 Å². The van der Waals surface area contributed by atoms with E-state index in [0.717, 1.165) is 23.6 Å². The molecule has 1 unspecified atom stereocenters. The summed E-state index contributed by atoms with van der Waals surface area (Å²) in [5.41, 5.74) is 2.49. The van der Waals surface area contributed by atoms with Crippen molar-refractivity contribution in [2.75, 3.05) is 0 Å². The molecule has 1 fully saturated rings. The molecule has 7 nitrogen and oxygen atoms in total. The molecule has 4 N–H and O–H groups in total. The monoisotopic (exact) mass is 635 g/mol. The highest BCUT2D eigenvalue weighted by molar-refractivity contribution is 7.89. The van der Waals surface area contributed by atoms with Crippen molar-refractivity contribution in [2.24, 2.45) is 17.0 Å². The van der Waals surface area contributed by atoms with Gasteiger partial charge < -0.3 is 10.6 Å². The van der Waals surface area contributed by atoms with E-state index in [9.17, 15) is 31.2 Å². The lowest BCUT2D eigenvalue weighted by Crippen LogP contribution is -2.39. The van der Waals surface area contributed by atoms with Gasteiger partial charge in [0.25, 0.3) is 0 Å². The van der Waals surface area contributed by atoms with Gasteiger partial charge in [0.1, 0.15) is 0 Å². The first-order valence-electron chi connectivity index (χ1n) is 14.4. The summed E-state index contributed by atoms with van der Waals surface area (Å²) in [5.74, 6) is -1.42. The van der Waals surface area contributed by atoms with Gasteiger partial charge in [-0.15, -0.1) is 0 Å². The van der Waals surface area contributed by atoms with Crippen LogP contribution in [0.15, 0.2) is 102 Å². The van der Waals surface area contributed by atoms with Gasteiger partial charge in [0.15, 0.2) is 0 Å². The molecular formula is C34H32F3N3O4S. The molecular weight excluding hydrogens is 603 g/mol. The quantitative estimate of drug-likeness (QED) is 0.208. The average molecular weight is 636 g/mol. The highest BCUT2D eigenvalue weighted by Gasteiger charge is 2.37. The van der Waals surface area contributed by atoms with Crippen LogP contribution >= 0.6 is 0 Å². The number of benzene rings is 4. The molecule has 0 radical (unpaired) electrons. The Morgan fingerprint density at radius 1 is 0.689 bits per heavy atom. The maximum atomic E-state index is 13.4. The van der Waals surface area contributed by atoms with Crippen molar-refractivity contribution >= 4 is 21.8 Å². The Morgan fingerprint density at radius 3 is 1.62 bits per heavy atom. The fourth-order valence-corrected chi connectivity index (χ4v) is 6.53. The van der Waals surface area contributed by atoms with Gasteiger partial charge in [0, 0.05) is 30.5 Å². The molecule has 4 aromatic rings. The number of carbonyl (C=O) groups excluding carboxylic acids is 2. The molecule has 0 saturated heterocycles. The van der Waals surface area contributed by atoms with Gasteiger partial charge in [-0.1, -0.05) is 91.3 Å². The number of amides is 2. The lowest BCUT2D eigenvalue weighted by molar-refractivity contribution is -0.137. The molecule has 1 aliphatic carbocycles. The number of nitrogens with two attached hydrogens (primary N) is 1. The molecule has 0 heterocycles. The topological polar surface area (TPSA) is 118 Å². The van der Waals surface area contributed by atoms with Crippen LogP contribution in [0.3, 0.4) is 0 Å². The Kier molecular flexibility index (Phi) is 9.40. The smallest absolute Gasteiger partial charge is 0.352 e. The van der Waals surface area contributed by atoms with Gasteiger partial charge in [-0.2, -0.15) is 13.2 Å². The Morgan fingerprint density at radius 2 is 1.13 bits per heavy atom. The number of hydrogen-bond donors (Lipinski definition) is 3. The summed E-state index contributed by atoms with van der Waals surface area (Å²) in [5, 5.41) is 11.2. The van der Waals surface area contributed by atoms with Gasteiger partial charge >= 0.3 is 6.18 Å². The van der Waals surface area contributed by atoms with Gasteiger partial charge in [-0.05, 0) is 52.8 Å². The maximum Gasteiger partial charge on any atom is 0.417 e. The van der Waals surface area contributed by atoms with E-state index < -0.39 is 33.6 Å². The summed E-state index contributed by atoms with van der Waals surface area (Å²) in [7, 11) is -3.90. The molecule has 11 heteroatoms. The molecule has 0 bridgehead atoms. The molecule has 1 saturated carbocycles. The second-order valence-corrected chi connectivity index (χ2v) is 12.6. The van der Waals surface area contributed by atoms with E-state index >= 15 is 0 Å². The Balaban J connectivity index is 1.16.